The summed E-state index contributed by atoms with van der Waals surface area (Å²) in [5.74, 6) is -0.193. The van der Waals surface area contributed by atoms with E-state index in [-0.39, 0.29) is 11.9 Å². The van der Waals surface area contributed by atoms with E-state index < -0.39 is 0 Å². The summed E-state index contributed by atoms with van der Waals surface area (Å²) in [7, 11) is 0. The van der Waals surface area contributed by atoms with Crippen LogP contribution in [-0.4, -0.2) is 6.54 Å². The van der Waals surface area contributed by atoms with Gasteiger partial charge in [-0.25, -0.2) is 4.39 Å². The minimum Gasteiger partial charge on any atom is -0.310 e. The van der Waals surface area contributed by atoms with Crippen LogP contribution in [0.25, 0.3) is 0 Å². The van der Waals surface area contributed by atoms with Crippen LogP contribution in [0.15, 0.2) is 33.4 Å². The standard InChI is InChI=1S/C15H17BrFNS/c1-3-18-15(14-9-19-8-10(14)2)6-11-4-12(16)7-13(17)5-11/h4-5,7-9,15,18H,3,6H2,1-2H3. The molecule has 4 heteroatoms. The van der Waals surface area contributed by atoms with Gasteiger partial charge in [-0.15, -0.1) is 0 Å². The number of likely N-dealkylation sites (N-methyl/N-ethyl adjacent to an activating group) is 1. The summed E-state index contributed by atoms with van der Waals surface area (Å²) in [6, 6.07) is 5.32. The molecule has 1 N–H and O–H groups in total. The van der Waals surface area contributed by atoms with Crippen LogP contribution in [0.1, 0.15) is 29.7 Å². The minimum absolute atomic E-state index is 0.193. The van der Waals surface area contributed by atoms with Gasteiger partial charge in [-0.1, -0.05) is 22.9 Å². The van der Waals surface area contributed by atoms with E-state index in [0.29, 0.717) is 0 Å². The molecule has 0 radical (unpaired) electrons. The van der Waals surface area contributed by atoms with Gasteiger partial charge in [0.25, 0.3) is 0 Å². The first kappa shape index (κ1) is 14.7. The van der Waals surface area contributed by atoms with Crippen molar-refractivity contribution in [2.75, 3.05) is 6.54 Å². The Hall–Kier alpha value is -0.710. The van der Waals surface area contributed by atoms with E-state index in [2.05, 4.69) is 45.9 Å². The highest BCUT2D eigenvalue weighted by Gasteiger charge is 2.15. The van der Waals surface area contributed by atoms with Gasteiger partial charge < -0.3 is 5.32 Å². The number of hydrogen-bond acceptors (Lipinski definition) is 2. The lowest BCUT2D eigenvalue weighted by Gasteiger charge is -2.18. The highest BCUT2D eigenvalue weighted by atomic mass is 79.9. The smallest absolute Gasteiger partial charge is 0.124 e. The fourth-order valence-corrected chi connectivity index (χ4v) is 3.65. The molecule has 1 nitrogen and oxygen atoms in total. The fraction of sp³-hybridized carbons (Fsp3) is 0.333. The summed E-state index contributed by atoms with van der Waals surface area (Å²) in [5.41, 5.74) is 3.61. The third kappa shape index (κ3) is 3.88. The SMILES string of the molecule is CCNC(Cc1cc(F)cc(Br)c1)c1cscc1C. The molecule has 102 valence electrons. The lowest BCUT2D eigenvalue weighted by Crippen LogP contribution is -2.23. The molecular weight excluding hydrogens is 325 g/mol. The van der Waals surface area contributed by atoms with Gasteiger partial charge in [-0.3, -0.25) is 0 Å². The molecule has 1 heterocycles. The van der Waals surface area contributed by atoms with Crippen molar-refractivity contribution in [2.45, 2.75) is 26.3 Å². The molecule has 0 saturated carbocycles. The number of halogens is 2. The zero-order chi connectivity index (χ0) is 13.8. The van der Waals surface area contributed by atoms with Crippen molar-refractivity contribution in [1.29, 1.82) is 0 Å². The van der Waals surface area contributed by atoms with E-state index >= 15 is 0 Å². The van der Waals surface area contributed by atoms with Crippen LogP contribution in [0.3, 0.4) is 0 Å². The van der Waals surface area contributed by atoms with E-state index in [1.54, 1.807) is 17.4 Å². The largest absolute Gasteiger partial charge is 0.310 e. The fourth-order valence-electron chi connectivity index (χ4n) is 2.23. The number of hydrogen-bond donors (Lipinski definition) is 1. The minimum atomic E-state index is -0.193. The first-order valence-corrected chi connectivity index (χ1v) is 8.04. The molecule has 0 aliphatic rings. The summed E-state index contributed by atoms with van der Waals surface area (Å²) in [4.78, 5) is 0. The van der Waals surface area contributed by atoms with E-state index in [4.69, 9.17) is 0 Å². The lowest BCUT2D eigenvalue weighted by atomic mass is 9.98. The molecular formula is C15H17BrFNS. The Morgan fingerprint density at radius 3 is 2.68 bits per heavy atom. The van der Waals surface area contributed by atoms with Crippen LogP contribution in [-0.2, 0) is 6.42 Å². The van der Waals surface area contributed by atoms with Gasteiger partial charge >= 0.3 is 0 Å². The van der Waals surface area contributed by atoms with Crippen molar-refractivity contribution in [3.63, 3.8) is 0 Å². The first-order chi connectivity index (χ1) is 9.10. The second-order valence-electron chi connectivity index (χ2n) is 4.60. The van der Waals surface area contributed by atoms with Crippen LogP contribution in [0, 0.1) is 12.7 Å². The number of thiophene rings is 1. The summed E-state index contributed by atoms with van der Waals surface area (Å²) in [6.45, 7) is 5.12. The molecule has 0 spiro atoms. The van der Waals surface area contributed by atoms with Crippen molar-refractivity contribution in [3.8, 4) is 0 Å². The maximum absolute atomic E-state index is 13.4. The van der Waals surface area contributed by atoms with Crippen LogP contribution in [0.5, 0.6) is 0 Å². The number of benzene rings is 1. The predicted molar refractivity (Wildman–Crippen MR) is 83.3 cm³/mol. The zero-order valence-electron chi connectivity index (χ0n) is 11.0. The van der Waals surface area contributed by atoms with Gasteiger partial charge in [-0.05, 0) is 65.5 Å². The highest BCUT2D eigenvalue weighted by molar-refractivity contribution is 9.10. The predicted octanol–water partition coefficient (Wildman–Crippen LogP) is 4.85. The highest BCUT2D eigenvalue weighted by Crippen LogP contribution is 2.26. The monoisotopic (exact) mass is 341 g/mol. The third-order valence-electron chi connectivity index (χ3n) is 3.08. The van der Waals surface area contributed by atoms with Gasteiger partial charge in [0.1, 0.15) is 5.82 Å². The summed E-state index contributed by atoms with van der Waals surface area (Å²) < 4.78 is 14.2. The van der Waals surface area contributed by atoms with Crippen molar-refractivity contribution in [2.24, 2.45) is 0 Å². The third-order valence-corrected chi connectivity index (χ3v) is 4.42. The van der Waals surface area contributed by atoms with E-state index in [0.717, 1.165) is 23.0 Å². The summed E-state index contributed by atoms with van der Waals surface area (Å²) >= 11 is 5.06. The van der Waals surface area contributed by atoms with Gasteiger partial charge in [0.05, 0.1) is 0 Å². The maximum atomic E-state index is 13.4. The second kappa shape index (κ2) is 6.64. The van der Waals surface area contributed by atoms with Gasteiger partial charge in [0.15, 0.2) is 0 Å². The molecule has 0 saturated heterocycles. The second-order valence-corrected chi connectivity index (χ2v) is 6.26. The molecule has 1 aromatic heterocycles. The molecule has 1 unspecified atom stereocenters. The topological polar surface area (TPSA) is 12.0 Å². The molecule has 2 aromatic rings. The first-order valence-electron chi connectivity index (χ1n) is 6.31. The molecule has 1 aromatic carbocycles. The molecule has 19 heavy (non-hydrogen) atoms. The Labute approximate surface area is 126 Å². The molecule has 0 aliphatic heterocycles. The van der Waals surface area contributed by atoms with E-state index in [1.165, 1.54) is 17.2 Å². The Morgan fingerprint density at radius 2 is 2.11 bits per heavy atom. The van der Waals surface area contributed by atoms with Crippen molar-refractivity contribution >= 4 is 27.3 Å². The van der Waals surface area contributed by atoms with Crippen LogP contribution in [0.4, 0.5) is 4.39 Å². The van der Waals surface area contributed by atoms with Crippen molar-refractivity contribution in [1.82, 2.24) is 5.32 Å². The Balaban J connectivity index is 2.23. The maximum Gasteiger partial charge on any atom is 0.124 e. The average molecular weight is 342 g/mol. The lowest BCUT2D eigenvalue weighted by molar-refractivity contribution is 0.546. The molecule has 0 aliphatic carbocycles. The van der Waals surface area contributed by atoms with E-state index in [9.17, 15) is 4.39 Å². The quantitative estimate of drug-likeness (QED) is 0.819. The normalized spacial score (nSPS) is 12.6. The van der Waals surface area contributed by atoms with Gasteiger partial charge in [-0.2, -0.15) is 11.3 Å². The molecule has 1 atom stereocenters. The number of nitrogens with one attached hydrogen (secondary N) is 1. The molecule has 2 rings (SSSR count). The van der Waals surface area contributed by atoms with Gasteiger partial charge in [0.2, 0.25) is 0 Å². The molecule has 0 fully saturated rings. The van der Waals surface area contributed by atoms with Crippen molar-refractivity contribution < 1.29 is 4.39 Å². The van der Waals surface area contributed by atoms with Crippen LogP contribution in [0.2, 0.25) is 0 Å². The van der Waals surface area contributed by atoms with Crippen LogP contribution >= 0.6 is 27.3 Å². The Bertz CT molecular complexity index is 533. The summed E-state index contributed by atoms with van der Waals surface area (Å²) in [5, 5.41) is 7.81. The average Bonchev–Trinajstić information content (AvgIpc) is 2.73. The Morgan fingerprint density at radius 1 is 1.32 bits per heavy atom. The Kier molecular flexibility index (Phi) is 5.13. The summed E-state index contributed by atoms with van der Waals surface area (Å²) in [6.07, 6.45) is 0.793. The zero-order valence-corrected chi connectivity index (χ0v) is 13.4. The van der Waals surface area contributed by atoms with Crippen LogP contribution < -0.4 is 5.32 Å². The molecule has 0 bridgehead atoms. The van der Waals surface area contributed by atoms with E-state index in [1.807, 2.05) is 6.07 Å². The number of aryl methyl sites for hydroxylation is 1. The molecule has 0 amide bonds. The number of rotatable bonds is 5. The van der Waals surface area contributed by atoms with Gasteiger partial charge in [0, 0.05) is 10.5 Å². The van der Waals surface area contributed by atoms with Crippen molar-refractivity contribution in [3.05, 3.63) is 55.9 Å².